The first-order valence-electron chi connectivity index (χ1n) is 6.45. The van der Waals surface area contributed by atoms with E-state index in [1.165, 1.54) is 0 Å². The van der Waals surface area contributed by atoms with Crippen molar-refractivity contribution in [2.45, 2.75) is 19.3 Å². The van der Waals surface area contributed by atoms with Crippen LogP contribution in [0, 0.1) is 0 Å². The minimum Gasteiger partial charge on any atom is -0.497 e. The largest absolute Gasteiger partial charge is 0.497 e. The zero-order valence-corrected chi connectivity index (χ0v) is 10.8. The Morgan fingerprint density at radius 1 is 1.39 bits per heavy atom. The Hall–Kier alpha value is -1.71. The van der Waals surface area contributed by atoms with Gasteiger partial charge in [0.1, 0.15) is 5.75 Å². The van der Waals surface area contributed by atoms with E-state index in [1.54, 1.807) is 7.11 Å². The Balaban J connectivity index is 1.75. The number of amides is 1. The molecule has 1 saturated heterocycles. The van der Waals surface area contributed by atoms with Crippen LogP contribution in [0.4, 0.5) is 5.69 Å². The third kappa shape index (κ3) is 3.39. The second-order valence-electron chi connectivity index (χ2n) is 4.50. The number of benzene rings is 1. The second kappa shape index (κ2) is 6.28. The van der Waals surface area contributed by atoms with Crippen LogP contribution in [0.2, 0.25) is 0 Å². The average molecular weight is 248 g/mol. The van der Waals surface area contributed by atoms with E-state index >= 15 is 0 Å². The summed E-state index contributed by atoms with van der Waals surface area (Å²) < 4.78 is 5.15. The molecule has 0 unspecified atom stereocenters. The number of likely N-dealkylation sites (tertiary alicyclic amines) is 1. The number of hydrogen-bond donors (Lipinski definition) is 1. The maximum Gasteiger partial charge on any atom is 0.224 e. The van der Waals surface area contributed by atoms with Crippen molar-refractivity contribution in [2.24, 2.45) is 0 Å². The standard InChI is InChI=1S/C14H20N2O2/c1-18-13-6-4-5-12(11-13)15-8-7-14(17)16-9-2-3-10-16/h4-6,11,15H,2-3,7-10H2,1H3. The van der Waals surface area contributed by atoms with Crippen molar-refractivity contribution in [3.05, 3.63) is 24.3 Å². The highest BCUT2D eigenvalue weighted by molar-refractivity contribution is 5.77. The number of carbonyl (C=O) groups excluding carboxylic acids is 1. The molecule has 1 heterocycles. The van der Waals surface area contributed by atoms with Crippen molar-refractivity contribution in [3.8, 4) is 5.75 Å². The topological polar surface area (TPSA) is 41.6 Å². The smallest absolute Gasteiger partial charge is 0.224 e. The number of rotatable bonds is 5. The Labute approximate surface area is 108 Å². The summed E-state index contributed by atoms with van der Waals surface area (Å²) in [4.78, 5) is 13.8. The molecule has 0 aliphatic carbocycles. The van der Waals surface area contributed by atoms with Gasteiger partial charge in [-0.15, -0.1) is 0 Å². The molecule has 1 aliphatic rings. The summed E-state index contributed by atoms with van der Waals surface area (Å²) in [6.45, 7) is 2.53. The minimum absolute atomic E-state index is 0.253. The summed E-state index contributed by atoms with van der Waals surface area (Å²) in [6, 6.07) is 7.74. The lowest BCUT2D eigenvalue weighted by Gasteiger charge is -2.15. The Bertz CT molecular complexity index is 401. The number of carbonyl (C=O) groups is 1. The normalized spacial score (nSPS) is 14.6. The highest BCUT2D eigenvalue weighted by Crippen LogP contribution is 2.16. The fourth-order valence-corrected chi connectivity index (χ4v) is 2.17. The van der Waals surface area contributed by atoms with E-state index in [-0.39, 0.29) is 5.91 Å². The van der Waals surface area contributed by atoms with Gasteiger partial charge in [0.05, 0.1) is 7.11 Å². The monoisotopic (exact) mass is 248 g/mol. The molecule has 2 rings (SSSR count). The number of ether oxygens (including phenoxy) is 1. The molecule has 1 N–H and O–H groups in total. The summed E-state index contributed by atoms with van der Waals surface area (Å²) in [5.74, 6) is 1.08. The lowest BCUT2D eigenvalue weighted by Crippen LogP contribution is -2.29. The van der Waals surface area contributed by atoms with E-state index in [1.807, 2.05) is 29.2 Å². The first kappa shape index (κ1) is 12.7. The molecule has 4 nitrogen and oxygen atoms in total. The van der Waals surface area contributed by atoms with Crippen LogP contribution in [-0.4, -0.2) is 37.6 Å². The second-order valence-corrected chi connectivity index (χ2v) is 4.50. The molecule has 4 heteroatoms. The van der Waals surface area contributed by atoms with Gasteiger partial charge in [0.2, 0.25) is 5.91 Å². The maximum absolute atomic E-state index is 11.8. The van der Waals surface area contributed by atoms with Crippen LogP contribution in [0.25, 0.3) is 0 Å². The highest BCUT2D eigenvalue weighted by Gasteiger charge is 2.16. The van der Waals surface area contributed by atoms with Crippen molar-refractivity contribution in [2.75, 3.05) is 32.1 Å². The molecule has 0 saturated carbocycles. The van der Waals surface area contributed by atoms with Gasteiger partial charge in [-0.2, -0.15) is 0 Å². The molecule has 0 aromatic heterocycles. The number of hydrogen-bond acceptors (Lipinski definition) is 3. The van der Waals surface area contributed by atoms with Crippen LogP contribution in [0.3, 0.4) is 0 Å². The number of anilines is 1. The van der Waals surface area contributed by atoms with Crippen molar-refractivity contribution < 1.29 is 9.53 Å². The highest BCUT2D eigenvalue weighted by atomic mass is 16.5. The van der Waals surface area contributed by atoms with Crippen molar-refractivity contribution in [3.63, 3.8) is 0 Å². The van der Waals surface area contributed by atoms with Gasteiger partial charge in [0, 0.05) is 37.8 Å². The van der Waals surface area contributed by atoms with Crippen molar-refractivity contribution in [1.29, 1.82) is 0 Å². The van der Waals surface area contributed by atoms with E-state index in [2.05, 4.69) is 5.32 Å². The van der Waals surface area contributed by atoms with Gasteiger partial charge < -0.3 is 15.0 Å². The summed E-state index contributed by atoms with van der Waals surface area (Å²) in [5.41, 5.74) is 0.989. The zero-order valence-electron chi connectivity index (χ0n) is 10.8. The quantitative estimate of drug-likeness (QED) is 0.867. The van der Waals surface area contributed by atoms with E-state index in [9.17, 15) is 4.79 Å². The summed E-state index contributed by atoms with van der Waals surface area (Å²) in [6.07, 6.45) is 2.85. The SMILES string of the molecule is COc1cccc(NCCC(=O)N2CCCC2)c1. The molecule has 1 aliphatic heterocycles. The number of nitrogens with one attached hydrogen (secondary N) is 1. The molecule has 98 valence electrons. The fraction of sp³-hybridized carbons (Fsp3) is 0.500. The van der Waals surface area contributed by atoms with E-state index in [0.717, 1.165) is 37.4 Å². The van der Waals surface area contributed by atoms with E-state index < -0.39 is 0 Å². The molecule has 18 heavy (non-hydrogen) atoms. The van der Waals surface area contributed by atoms with E-state index in [4.69, 9.17) is 4.74 Å². The van der Waals surface area contributed by atoms with Crippen LogP contribution < -0.4 is 10.1 Å². The molecule has 0 atom stereocenters. The molecule has 1 amide bonds. The molecule has 1 fully saturated rings. The molecule has 0 radical (unpaired) electrons. The summed E-state index contributed by atoms with van der Waals surface area (Å²) >= 11 is 0. The van der Waals surface area contributed by atoms with Crippen molar-refractivity contribution >= 4 is 11.6 Å². The average Bonchev–Trinajstić information content (AvgIpc) is 2.93. The molecule has 1 aromatic rings. The van der Waals surface area contributed by atoms with Crippen LogP contribution in [-0.2, 0) is 4.79 Å². The number of nitrogens with zero attached hydrogens (tertiary/aromatic N) is 1. The molecular weight excluding hydrogens is 228 g/mol. The van der Waals surface area contributed by atoms with Gasteiger partial charge in [0.25, 0.3) is 0 Å². The van der Waals surface area contributed by atoms with Crippen molar-refractivity contribution in [1.82, 2.24) is 4.90 Å². The fourth-order valence-electron chi connectivity index (χ4n) is 2.17. The first-order chi connectivity index (χ1) is 8.79. The first-order valence-corrected chi connectivity index (χ1v) is 6.45. The maximum atomic E-state index is 11.8. The van der Waals surface area contributed by atoms with Gasteiger partial charge in [-0.1, -0.05) is 6.07 Å². The Morgan fingerprint density at radius 2 is 2.17 bits per heavy atom. The van der Waals surface area contributed by atoms with Crippen LogP contribution in [0.1, 0.15) is 19.3 Å². The molecular formula is C14H20N2O2. The van der Waals surface area contributed by atoms with Gasteiger partial charge in [-0.25, -0.2) is 0 Å². The van der Waals surface area contributed by atoms with Gasteiger partial charge in [-0.05, 0) is 25.0 Å². The Morgan fingerprint density at radius 3 is 2.89 bits per heavy atom. The molecule has 0 spiro atoms. The van der Waals surface area contributed by atoms with Gasteiger partial charge in [-0.3, -0.25) is 4.79 Å². The summed E-state index contributed by atoms with van der Waals surface area (Å²) in [7, 11) is 1.65. The third-order valence-electron chi connectivity index (χ3n) is 3.20. The lowest BCUT2D eigenvalue weighted by atomic mass is 10.3. The number of methoxy groups -OCH3 is 1. The van der Waals surface area contributed by atoms with Crippen LogP contribution >= 0.6 is 0 Å². The molecule has 0 bridgehead atoms. The van der Waals surface area contributed by atoms with E-state index in [0.29, 0.717) is 13.0 Å². The van der Waals surface area contributed by atoms with Crippen LogP contribution in [0.5, 0.6) is 5.75 Å². The molecule has 1 aromatic carbocycles. The Kier molecular flexibility index (Phi) is 4.45. The predicted octanol–water partition coefficient (Wildman–Crippen LogP) is 2.12. The summed E-state index contributed by atoms with van der Waals surface area (Å²) in [5, 5.41) is 3.25. The lowest BCUT2D eigenvalue weighted by molar-refractivity contribution is -0.129. The third-order valence-corrected chi connectivity index (χ3v) is 3.20. The van der Waals surface area contributed by atoms with Crippen LogP contribution in [0.15, 0.2) is 24.3 Å². The zero-order chi connectivity index (χ0) is 12.8. The van der Waals surface area contributed by atoms with Gasteiger partial charge in [0.15, 0.2) is 0 Å². The van der Waals surface area contributed by atoms with Gasteiger partial charge >= 0.3 is 0 Å². The predicted molar refractivity (Wildman–Crippen MR) is 71.9 cm³/mol. The minimum atomic E-state index is 0.253.